The van der Waals surface area contributed by atoms with E-state index < -0.39 is 0 Å². The van der Waals surface area contributed by atoms with Gasteiger partial charge in [-0.1, -0.05) is 0 Å². The van der Waals surface area contributed by atoms with Crippen molar-refractivity contribution in [3.05, 3.63) is 27.9 Å². The van der Waals surface area contributed by atoms with Gasteiger partial charge < -0.3 is 15.2 Å². The van der Waals surface area contributed by atoms with Gasteiger partial charge in [-0.25, -0.2) is 4.98 Å². The summed E-state index contributed by atoms with van der Waals surface area (Å²) in [6.07, 6.45) is 10.2. The van der Waals surface area contributed by atoms with Crippen LogP contribution in [0.3, 0.4) is 0 Å². The molecular formula is C20H26N4O2. The van der Waals surface area contributed by atoms with E-state index in [1.807, 2.05) is 4.90 Å². The third-order valence-electron chi connectivity index (χ3n) is 7.89. The van der Waals surface area contributed by atoms with Crippen LogP contribution >= 0.6 is 0 Å². The molecule has 6 aliphatic rings. The van der Waals surface area contributed by atoms with Gasteiger partial charge in [-0.05, 0) is 62.7 Å². The van der Waals surface area contributed by atoms with Crippen molar-refractivity contribution in [3.63, 3.8) is 0 Å². The van der Waals surface area contributed by atoms with Crippen LogP contribution in [0.4, 0.5) is 0 Å². The first-order valence-electron chi connectivity index (χ1n) is 10.2. The van der Waals surface area contributed by atoms with E-state index >= 15 is 0 Å². The molecule has 6 nitrogen and oxygen atoms in total. The lowest BCUT2D eigenvalue weighted by molar-refractivity contribution is -0.00955. The molecule has 2 aliphatic heterocycles. The highest BCUT2D eigenvalue weighted by Crippen LogP contribution is 2.59. The molecule has 6 fully saturated rings. The van der Waals surface area contributed by atoms with Crippen molar-refractivity contribution in [1.82, 2.24) is 20.2 Å². The Morgan fingerprint density at radius 1 is 1.12 bits per heavy atom. The average molecular weight is 354 g/mol. The number of rotatable bonds is 2. The van der Waals surface area contributed by atoms with Gasteiger partial charge in [0.05, 0.1) is 0 Å². The third-order valence-corrected chi connectivity index (χ3v) is 7.89. The summed E-state index contributed by atoms with van der Waals surface area (Å²) in [4.78, 5) is 35.2. The quantitative estimate of drug-likeness (QED) is 0.842. The lowest BCUT2D eigenvalue weighted by Crippen LogP contribution is -2.50. The number of aromatic nitrogens is 2. The van der Waals surface area contributed by atoms with Gasteiger partial charge in [0.1, 0.15) is 11.4 Å². The molecule has 2 N–H and O–H groups in total. The van der Waals surface area contributed by atoms with Crippen LogP contribution in [0.15, 0.2) is 11.0 Å². The van der Waals surface area contributed by atoms with E-state index in [1.54, 1.807) is 6.20 Å². The molecule has 1 aromatic rings. The molecule has 2 atom stereocenters. The number of H-pyrrole nitrogens is 1. The lowest BCUT2D eigenvalue weighted by Gasteiger charge is -2.56. The standard InChI is InChI=1S/C20H26N4O2/c25-17-16(18(26)24-10-14-4-15(24)8-21-14)9-22-19(23-17)20-5-11-1-12(6-20)3-13(2-11)7-20/h9,11-15,21H,1-8,10H2,(H,22,23,25)/t11?,12?,13?,14-,15-,20?/m0/s1. The van der Waals surface area contributed by atoms with E-state index in [2.05, 4.69) is 15.3 Å². The molecule has 138 valence electrons. The van der Waals surface area contributed by atoms with Crippen molar-refractivity contribution in [2.45, 2.75) is 62.4 Å². The fraction of sp³-hybridized carbons (Fsp3) is 0.750. The fourth-order valence-corrected chi connectivity index (χ4v) is 7.18. The molecule has 1 amide bonds. The molecule has 4 saturated carbocycles. The number of hydrogen-bond acceptors (Lipinski definition) is 4. The Kier molecular flexibility index (Phi) is 3.07. The van der Waals surface area contributed by atoms with Crippen molar-refractivity contribution in [1.29, 1.82) is 0 Å². The van der Waals surface area contributed by atoms with Crippen LogP contribution in [0.5, 0.6) is 0 Å². The Hall–Kier alpha value is -1.69. The Labute approximate surface area is 152 Å². The maximum Gasteiger partial charge on any atom is 0.263 e. The summed E-state index contributed by atoms with van der Waals surface area (Å²) in [5.74, 6) is 3.12. The van der Waals surface area contributed by atoms with Crippen molar-refractivity contribution in [2.24, 2.45) is 17.8 Å². The lowest BCUT2D eigenvalue weighted by atomic mass is 9.49. The van der Waals surface area contributed by atoms with E-state index in [-0.39, 0.29) is 28.5 Å². The van der Waals surface area contributed by atoms with Gasteiger partial charge in [0.2, 0.25) is 0 Å². The number of carbonyl (C=O) groups is 1. The zero-order chi connectivity index (χ0) is 17.5. The summed E-state index contributed by atoms with van der Waals surface area (Å²) in [6.45, 7) is 1.55. The highest BCUT2D eigenvalue weighted by molar-refractivity contribution is 5.94. The molecule has 0 aromatic carbocycles. The number of nitrogens with one attached hydrogen (secondary N) is 2. The number of piperazine rings is 1. The maximum absolute atomic E-state index is 12.9. The maximum atomic E-state index is 12.9. The van der Waals surface area contributed by atoms with Crippen LogP contribution in [0.2, 0.25) is 0 Å². The number of aromatic amines is 1. The topological polar surface area (TPSA) is 78.1 Å². The summed E-state index contributed by atoms with van der Waals surface area (Å²) < 4.78 is 0. The number of amides is 1. The first-order chi connectivity index (χ1) is 12.6. The van der Waals surface area contributed by atoms with Gasteiger partial charge in [-0.3, -0.25) is 9.59 Å². The molecule has 3 heterocycles. The number of likely N-dealkylation sites (tertiary alicyclic amines) is 1. The first kappa shape index (κ1) is 15.4. The molecule has 7 rings (SSSR count). The summed E-state index contributed by atoms with van der Waals surface area (Å²) >= 11 is 0. The first-order valence-corrected chi connectivity index (χ1v) is 10.2. The van der Waals surface area contributed by atoms with Crippen LogP contribution < -0.4 is 10.9 Å². The van der Waals surface area contributed by atoms with Crippen LogP contribution in [-0.4, -0.2) is 45.9 Å². The summed E-state index contributed by atoms with van der Waals surface area (Å²) in [6, 6.07) is 0.622. The second kappa shape index (κ2) is 5.18. The number of hydrogen-bond donors (Lipinski definition) is 2. The smallest absolute Gasteiger partial charge is 0.263 e. The summed E-state index contributed by atoms with van der Waals surface area (Å²) in [7, 11) is 0. The number of carbonyl (C=O) groups excluding carboxylic acids is 1. The number of nitrogens with zero attached hydrogens (tertiary/aromatic N) is 2. The van der Waals surface area contributed by atoms with Gasteiger partial charge in [-0.2, -0.15) is 0 Å². The van der Waals surface area contributed by atoms with Gasteiger partial charge >= 0.3 is 0 Å². The molecule has 4 aliphatic carbocycles. The molecule has 0 radical (unpaired) electrons. The molecule has 2 saturated heterocycles. The molecular weight excluding hydrogens is 328 g/mol. The molecule has 6 heteroatoms. The largest absolute Gasteiger partial charge is 0.333 e. The van der Waals surface area contributed by atoms with E-state index in [4.69, 9.17) is 0 Å². The predicted molar refractivity (Wildman–Crippen MR) is 95.9 cm³/mol. The molecule has 0 spiro atoms. The zero-order valence-electron chi connectivity index (χ0n) is 15.0. The normalized spacial score (nSPS) is 42.6. The van der Waals surface area contributed by atoms with Crippen LogP contribution in [-0.2, 0) is 5.41 Å². The Morgan fingerprint density at radius 2 is 1.81 bits per heavy atom. The predicted octanol–water partition coefficient (Wildman–Crippen LogP) is 1.42. The summed E-state index contributed by atoms with van der Waals surface area (Å²) in [5, 5.41) is 3.39. The summed E-state index contributed by atoms with van der Waals surface area (Å²) in [5.41, 5.74) is 0.0315. The van der Waals surface area contributed by atoms with E-state index in [1.165, 1.54) is 19.3 Å². The average Bonchev–Trinajstić information content (AvgIpc) is 3.23. The van der Waals surface area contributed by atoms with Crippen molar-refractivity contribution < 1.29 is 4.79 Å². The SMILES string of the molecule is O=C(c1cnc(C23CC4CC(CC(C4)C2)C3)[nH]c1=O)N1C[C@@H]2C[C@H]1CN2. The van der Waals surface area contributed by atoms with Crippen LogP contribution in [0, 0.1) is 17.8 Å². The molecule has 26 heavy (non-hydrogen) atoms. The minimum atomic E-state index is -0.244. The minimum Gasteiger partial charge on any atom is -0.333 e. The Morgan fingerprint density at radius 3 is 2.35 bits per heavy atom. The van der Waals surface area contributed by atoms with Crippen molar-refractivity contribution >= 4 is 5.91 Å². The number of fused-ring (bicyclic) bond motifs is 2. The highest BCUT2D eigenvalue weighted by atomic mass is 16.2. The Bertz CT molecular complexity index is 796. The zero-order valence-corrected chi connectivity index (χ0v) is 15.0. The van der Waals surface area contributed by atoms with Crippen LogP contribution in [0.25, 0.3) is 0 Å². The van der Waals surface area contributed by atoms with Gasteiger partial charge in [-0.15, -0.1) is 0 Å². The highest BCUT2D eigenvalue weighted by Gasteiger charge is 2.53. The Balaban J connectivity index is 1.31. The van der Waals surface area contributed by atoms with Crippen molar-refractivity contribution in [3.8, 4) is 0 Å². The molecule has 0 unspecified atom stereocenters. The van der Waals surface area contributed by atoms with Crippen LogP contribution in [0.1, 0.15) is 61.1 Å². The van der Waals surface area contributed by atoms with E-state index in [0.717, 1.165) is 55.8 Å². The van der Waals surface area contributed by atoms with E-state index in [0.29, 0.717) is 12.6 Å². The molecule has 1 aromatic heterocycles. The monoisotopic (exact) mass is 354 g/mol. The second-order valence-corrected chi connectivity index (χ2v) is 9.62. The van der Waals surface area contributed by atoms with Gasteiger partial charge in [0, 0.05) is 36.8 Å². The van der Waals surface area contributed by atoms with Gasteiger partial charge in [0.25, 0.3) is 11.5 Å². The minimum absolute atomic E-state index is 0.0616. The third kappa shape index (κ3) is 2.11. The second-order valence-electron chi connectivity index (χ2n) is 9.62. The van der Waals surface area contributed by atoms with Crippen molar-refractivity contribution in [2.75, 3.05) is 13.1 Å². The fourth-order valence-electron chi connectivity index (χ4n) is 7.18. The van der Waals surface area contributed by atoms with E-state index in [9.17, 15) is 9.59 Å². The van der Waals surface area contributed by atoms with Gasteiger partial charge in [0.15, 0.2) is 0 Å². The molecule has 6 bridgehead atoms.